The summed E-state index contributed by atoms with van der Waals surface area (Å²) in [5, 5.41) is 3.11. The maximum absolute atomic E-state index is 12.3. The Kier molecular flexibility index (Phi) is 4.58. The molecule has 2 aromatic rings. The van der Waals surface area contributed by atoms with Crippen LogP contribution in [0.2, 0.25) is 0 Å². The van der Waals surface area contributed by atoms with E-state index in [0.29, 0.717) is 5.92 Å². The molecule has 0 radical (unpaired) electrons. The molecule has 0 saturated heterocycles. The number of carbonyl (C=O) groups is 1. The normalized spacial score (nSPS) is 17.1. The SMILES string of the molecule is O=C(NC[C@H]1CCCc2ccccc21)c1ccccc1I. The highest BCUT2D eigenvalue weighted by atomic mass is 127. The molecule has 3 rings (SSSR count). The first-order valence-electron chi connectivity index (χ1n) is 7.36. The summed E-state index contributed by atoms with van der Waals surface area (Å²) in [5.41, 5.74) is 3.62. The van der Waals surface area contributed by atoms with Gasteiger partial charge in [0.2, 0.25) is 0 Å². The van der Waals surface area contributed by atoms with Crippen molar-refractivity contribution in [1.82, 2.24) is 5.32 Å². The van der Waals surface area contributed by atoms with E-state index in [-0.39, 0.29) is 5.91 Å². The highest BCUT2D eigenvalue weighted by molar-refractivity contribution is 14.1. The number of halogens is 1. The molecule has 0 fully saturated rings. The molecule has 1 atom stereocenters. The minimum absolute atomic E-state index is 0.0306. The molecular formula is C18H18INO. The number of fused-ring (bicyclic) bond motifs is 1. The largest absolute Gasteiger partial charge is 0.351 e. The van der Waals surface area contributed by atoms with Gasteiger partial charge in [0, 0.05) is 16.0 Å². The van der Waals surface area contributed by atoms with Gasteiger partial charge in [-0.25, -0.2) is 0 Å². The van der Waals surface area contributed by atoms with E-state index in [4.69, 9.17) is 0 Å². The number of hydrogen-bond acceptors (Lipinski definition) is 1. The lowest BCUT2D eigenvalue weighted by Gasteiger charge is -2.25. The number of rotatable bonds is 3. The second-order valence-electron chi connectivity index (χ2n) is 5.48. The van der Waals surface area contributed by atoms with Crippen LogP contribution < -0.4 is 5.32 Å². The molecule has 1 aliphatic carbocycles. The van der Waals surface area contributed by atoms with Crippen LogP contribution in [-0.2, 0) is 6.42 Å². The summed E-state index contributed by atoms with van der Waals surface area (Å²) >= 11 is 2.21. The molecule has 21 heavy (non-hydrogen) atoms. The van der Waals surface area contributed by atoms with Crippen LogP contribution >= 0.6 is 22.6 Å². The molecule has 0 aliphatic heterocycles. The van der Waals surface area contributed by atoms with Crippen LogP contribution in [0.4, 0.5) is 0 Å². The average Bonchev–Trinajstić information content (AvgIpc) is 2.53. The zero-order valence-corrected chi connectivity index (χ0v) is 14.0. The molecule has 0 bridgehead atoms. The lowest BCUT2D eigenvalue weighted by Crippen LogP contribution is -2.30. The monoisotopic (exact) mass is 391 g/mol. The second-order valence-corrected chi connectivity index (χ2v) is 6.64. The minimum Gasteiger partial charge on any atom is -0.351 e. The third kappa shape index (κ3) is 3.28. The number of benzene rings is 2. The first kappa shape index (κ1) is 14.6. The third-order valence-electron chi connectivity index (χ3n) is 4.12. The van der Waals surface area contributed by atoms with Crippen molar-refractivity contribution in [2.75, 3.05) is 6.54 Å². The topological polar surface area (TPSA) is 29.1 Å². The van der Waals surface area contributed by atoms with E-state index < -0.39 is 0 Å². The second kappa shape index (κ2) is 6.60. The highest BCUT2D eigenvalue weighted by Crippen LogP contribution is 2.30. The van der Waals surface area contributed by atoms with E-state index in [1.807, 2.05) is 24.3 Å². The molecule has 2 nitrogen and oxygen atoms in total. The summed E-state index contributed by atoms with van der Waals surface area (Å²) in [7, 11) is 0. The predicted molar refractivity (Wildman–Crippen MR) is 93.6 cm³/mol. The summed E-state index contributed by atoms with van der Waals surface area (Å²) in [6.45, 7) is 0.723. The fourth-order valence-corrected chi connectivity index (χ4v) is 3.66. The van der Waals surface area contributed by atoms with E-state index in [1.54, 1.807) is 0 Å². The average molecular weight is 391 g/mol. The van der Waals surface area contributed by atoms with Gasteiger partial charge in [-0.15, -0.1) is 0 Å². The van der Waals surface area contributed by atoms with Gasteiger partial charge in [-0.05, 0) is 65.1 Å². The van der Waals surface area contributed by atoms with Crippen molar-refractivity contribution in [2.24, 2.45) is 0 Å². The number of carbonyl (C=O) groups excluding carboxylic acids is 1. The van der Waals surface area contributed by atoms with Gasteiger partial charge in [0.15, 0.2) is 0 Å². The molecule has 1 aliphatic rings. The van der Waals surface area contributed by atoms with Crippen LogP contribution in [0.15, 0.2) is 48.5 Å². The third-order valence-corrected chi connectivity index (χ3v) is 5.06. The van der Waals surface area contributed by atoms with Crippen molar-refractivity contribution in [1.29, 1.82) is 0 Å². The Morgan fingerprint density at radius 3 is 2.76 bits per heavy atom. The van der Waals surface area contributed by atoms with E-state index in [9.17, 15) is 4.79 Å². The number of hydrogen-bond donors (Lipinski definition) is 1. The molecule has 1 amide bonds. The summed E-state index contributed by atoms with van der Waals surface area (Å²) in [6.07, 6.45) is 3.53. The van der Waals surface area contributed by atoms with E-state index >= 15 is 0 Å². The first-order chi connectivity index (χ1) is 10.3. The lowest BCUT2D eigenvalue weighted by molar-refractivity contribution is 0.0949. The molecule has 0 heterocycles. The Balaban J connectivity index is 1.69. The first-order valence-corrected chi connectivity index (χ1v) is 8.44. The van der Waals surface area contributed by atoms with Crippen LogP contribution in [0, 0.1) is 3.57 Å². The summed E-state index contributed by atoms with van der Waals surface area (Å²) in [5.74, 6) is 0.475. The number of aryl methyl sites for hydroxylation is 1. The zero-order valence-electron chi connectivity index (χ0n) is 11.8. The zero-order chi connectivity index (χ0) is 14.7. The number of amides is 1. The quantitative estimate of drug-likeness (QED) is 0.783. The summed E-state index contributed by atoms with van der Waals surface area (Å²) in [4.78, 5) is 12.3. The van der Waals surface area contributed by atoms with Gasteiger partial charge in [0.25, 0.3) is 5.91 Å². The molecule has 0 unspecified atom stereocenters. The Hall–Kier alpha value is -1.36. The fourth-order valence-electron chi connectivity index (χ4n) is 3.02. The van der Waals surface area contributed by atoms with Crippen LogP contribution in [-0.4, -0.2) is 12.5 Å². The molecule has 108 valence electrons. The molecule has 3 heteroatoms. The van der Waals surface area contributed by atoms with Gasteiger partial charge in [-0.3, -0.25) is 4.79 Å². The summed E-state index contributed by atoms with van der Waals surface area (Å²) < 4.78 is 0.997. The van der Waals surface area contributed by atoms with Crippen molar-refractivity contribution >= 4 is 28.5 Å². The minimum atomic E-state index is 0.0306. The van der Waals surface area contributed by atoms with Gasteiger partial charge in [0.1, 0.15) is 0 Å². The van der Waals surface area contributed by atoms with Crippen molar-refractivity contribution in [3.63, 3.8) is 0 Å². The van der Waals surface area contributed by atoms with E-state index in [1.165, 1.54) is 17.5 Å². The van der Waals surface area contributed by atoms with E-state index in [2.05, 4.69) is 52.2 Å². The van der Waals surface area contributed by atoms with Gasteiger partial charge in [0.05, 0.1) is 5.56 Å². The standard InChI is InChI=1S/C18H18INO/c19-17-11-4-3-10-16(17)18(21)20-12-14-8-5-7-13-6-1-2-9-15(13)14/h1-4,6,9-11,14H,5,7-8,12H2,(H,20,21)/t14-/m1/s1. The molecule has 0 spiro atoms. The maximum atomic E-state index is 12.3. The van der Waals surface area contributed by atoms with Crippen molar-refractivity contribution in [2.45, 2.75) is 25.2 Å². The van der Waals surface area contributed by atoms with Gasteiger partial charge in [-0.1, -0.05) is 36.4 Å². The molecular weight excluding hydrogens is 373 g/mol. The van der Waals surface area contributed by atoms with Crippen LogP contribution in [0.3, 0.4) is 0 Å². The van der Waals surface area contributed by atoms with Crippen molar-refractivity contribution in [3.05, 3.63) is 68.8 Å². The van der Waals surface area contributed by atoms with Crippen molar-refractivity contribution in [3.8, 4) is 0 Å². The molecule has 0 aromatic heterocycles. The molecule has 1 N–H and O–H groups in total. The van der Waals surface area contributed by atoms with Crippen molar-refractivity contribution < 1.29 is 4.79 Å². The highest BCUT2D eigenvalue weighted by Gasteiger charge is 2.20. The van der Waals surface area contributed by atoms with Gasteiger partial charge >= 0.3 is 0 Å². The predicted octanol–water partition coefficient (Wildman–Crippen LogP) is 4.14. The lowest BCUT2D eigenvalue weighted by atomic mass is 9.83. The van der Waals surface area contributed by atoms with Crippen LogP contribution in [0.25, 0.3) is 0 Å². The fraction of sp³-hybridized carbons (Fsp3) is 0.278. The Labute approximate surface area is 139 Å². The Bertz CT molecular complexity index is 653. The van der Waals surface area contributed by atoms with Crippen LogP contribution in [0.1, 0.15) is 40.2 Å². The maximum Gasteiger partial charge on any atom is 0.252 e. The summed E-state index contributed by atoms with van der Waals surface area (Å²) in [6, 6.07) is 16.3. The van der Waals surface area contributed by atoms with Gasteiger partial charge in [-0.2, -0.15) is 0 Å². The van der Waals surface area contributed by atoms with Gasteiger partial charge < -0.3 is 5.32 Å². The Morgan fingerprint density at radius 1 is 1.14 bits per heavy atom. The molecule has 2 aromatic carbocycles. The Morgan fingerprint density at radius 2 is 1.90 bits per heavy atom. The molecule has 0 saturated carbocycles. The number of nitrogens with one attached hydrogen (secondary N) is 1. The van der Waals surface area contributed by atoms with E-state index in [0.717, 1.165) is 28.5 Å². The van der Waals surface area contributed by atoms with Crippen LogP contribution in [0.5, 0.6) is 0 Å². The smallest absolute Gasteiger partial charge is 0.252 e.